The van der Waals surface area contributed by atoms with Crippen molar-refractivity contribution >= 4 is 5.91 Å². The van der Waals surface area contributed by atoms with E-state index < -0.39 is 36.3 Å². The molecular formula is C36H54N2O7. The largest absolute Gasteiger partial charge is 0.389 e. The van der Waals surface area contributed by atoms with E-state index in [0.29, 0.717) is 18.0 Å². The van der Waals surface area contributed by atoms with Gasteiger partial charge in [-0.15, -0.1) is 0 Å². The lowest BCUT2D eigenvalue weighted by Gasteiger charge is -2.62. The minimum atomic E-state index is -1.31. The van der Waals surface area contributed by atoms with Crippen LogP contribution < -0.4 is 5.32 Å². The summed E-state index contributed by atoms with van der Waals surface area (Å²) in [5, 5.41) is 46.4. The van der Waals surface area contributed by atoms with Crippen molar-refractivity contribution in [2.24, 2.45) is 22.7 Å². The molecule has 1 saturated heterocycles. The van der Waals surface area contributed by atoms with E-state index in [1.807, 2.05) is 31.1 Å². The molecule has 0 spiro atoms. The average Bonchev–Trinajstić information content (AvgIpc) is 3.29. The Hall–Kier alpha value is -1.85. The molecule has 3 saturated carbocycles. The van der Waals surface area contributed by atoms with Crippen molar-refractivity contribution in [2.45, 2.75) is 120 Å². The Morgan fingerprint density at radius 3 is 2.42 bits per heavy atom. The molecule has 1 heterocycles. The number of aliphatic hydroxyl groups is 4. The van der Waals surface area contributed by atoms with Crippen molar-refractivity contribution in [3.63, 3.8) is 0 Å². The molecule has 0 aromatic heterocycles. The summed E-state index contributed by atoms with van der Waals surface area (Å²) in [5.74, 6) is 0.813. The molecule has 12 atom stereocenters. The van der Waals surface area contributed by atoms with Gasteiger partial charge in [0.2, 0.25) is 0 Å². The van der Waals surface area contributed by atoms with Crippen LogP contribution >= 0.6 is 0 Å². The molecule has 1 aliphatic heterocycles. The first-order chi connectivity index (χ1) is 21.3. The SMILES string of the molecule is C[C@@H]1O[C@@H](O[C@@H]2C=C3CC[C@@H]4[C@H](CC[C@]5(C)[C@@H](c6ccc(C(=O)NCCN(C)C)cc6)CC[C@]45O)[C@@]3(C)CC2)[C@H](O)[C@H](O)[C@H]1O. The molecule has 6 rings (SSSR count). The van der Waals surface area contributed by atoms with Gasteiger partial charge in [-0.05, 0) is 113 Å². The van der Waals surface area contributed by atoms with Crippen molar-refractivity contribution in [1.82, 2.24) is 10.2 Å². The number of benzene rings is 1. The average molecular weight is 627 g/mol. The number of amides is 1. The molecule has 9 heteroatoms. The van der Waals surface area contributed by atoms with Crippen LogP contribution in [-0.4, -0.2) is 101 Å². The first-order valence-electron chi connectivity index (χ1n) is 17.1. The highest BCUT2D eigenvalue weighted by Gasteiger charge is 2.66. The number of allylic oxidation sites excluding steroid dienone is 1. The maximum absolute atomic E-state index is 12.7. The van der Waals surface area contributed by atoms with E-state index in [0.717, 1.165) is 57.9 Å². The van der Waals surface area contributed by atoms with Gasteiger partial charge in [0.15, 0.2) is 6.29 Å². The van der Waals surface area contributed by atoms with Crippen molar-refractivity contribution in [3.8, 4) is 0 Å². The third-order valence-electron chi connectivity index (χ3n) is 12.8. The standard InChI is InChI=1S/C36H54N2O7/c1-21-29(39)30(40)31(41)33(44-21)45-25-12-15-34(2)24(20-25)10-11-28-27(34)13-16-35(3)26(14-17-36(28,35)43)22-6-8-23(9-7-22)32(42)37-18-19-38(4)5/h6-9,20-21,25-31,33,39-41,43H,10-19H2,1-5H3,(H,37,42)/t21-,25-,26+,27-,28+,29-,30+,31+,33-,34-,35+,36-/m0/s1. The van der Waals surface area contributed by atoms with Gasteiger partial charge in [-0.2, -0.15) is 0 Å². The fourth-order valence-corrected chi connectivity index (χ4v) is 9.97. The number of carbonyl (C=O) groups excluding carboxylic acids is 1. The van der Waals surface area contributed by atoms with E-state index in [9.17, 15) is 25.2 Å². The first-order valence-corrected chi connectivity index (χ1v) is 17.1. The Kier molecular flexibility index (Phi) is 9.04. The van der Waals surface area contributed by atoms with Crippen LogP contribution in [-0.2, 0) is 9.47 Å². The molecule has 250 valence electrons. The van der Waals surface area contributed by atoms with Gasteiger partial charge in [-0.3, -0.25) is 4.79 Å². The predicted molar refractivity (Wildman–Crippen MR) is 170 cm³/mol. The number of fused-ring (bicyclic) bond motifs is 5. The summed E-state index contributed by atoms with van der Waals surface area (Å²) >= 11 is 0. The number of nitrogens with zero attached hydrogens (tertiary/aromatic N) is 1. The fourth-order valence-electron chi connectivity index (χ4n) is 9.97. The number of likely N-dealkylation sites (N-methyl/N-ethyl adjacent to an activating group) is 1. The molecule has 4 fully saturated rings. The highest BCUT2D eigenvalue weighted by molar-refractivity contribution is 5.94. The highest BCUT2D eigenvalue weighted by atomic mass is 16.7. The first kappa shape index (κ1) is 33.1. The summed E-state index contributed by atoms with van der Waals surface area (Å²) < 4.78 is 11.9. The second-order valence-electron chi connectivity index (χ2n) is 15.4. The van der Waals surface area contributed by atoms with Crippen LogP contribution in [0.2, 0.25) is 0 Å². The number of ether oxygens (including phenoxy) is 2. The number of rotatable bonds is 7. The Labute approximate surface area is 268 Å². The maximum Gasteiger partial charge on any atom is 0.251 e. The van der Waals surface area contributed by atoms with Gasteiger partial charge in [-0.25, -0.2) is 0 Å². The zero-order valence-corrected chi connectivity index (χ0v) is 27.6. The Bertz CT molecular complexity index is 1270. The normalized spacial score (nSPS) is 44.5. The van der Waals surface area contributed by atoms with Gasteiger partial charge in [0.1, 0.15) is 18.3 Å². The molecule has 5 N–H and O–H groups in total. The Balaban J connectivity index is 1.14. The van der Waals surface area contributed by atoms with E-state index >= 15 is 0 Å². The third kappa shape index (κ3) is 5.60. The maximum atomic E-state index is 12.7. The second-order valence-corrected chi connectivity index (χ2v) is 15.4. The zero-order chi connectivity index (χ0) is 32.3. The lowest BCUT2D eigenvalue weighted by Crippen LogP contribution is -2.60. The molecule has 0 unspecified atom stereocenters. The van der Waals surface area contributed by atoms with E-state index in [2.05, 4.69) is 37.4 Å². The number of hydrogen-bond acceptors (Lipinski definition) is 8. The van der Waals surface area contributed by atoms with Crippen molar-refractivity contribution in [3.05, 3.63) is 47.0 Å². The van der Waals surface area contributed by atoms with Gasteiger partial charge in [0.05, 0.1) is 17.8 Å². The molecule has 1 aromatic carbocycles. The number of aliphatic hydroxyl groups excluding tert-OH is 3. The monoisotopic (exact) mass is 626 g/mol. The zero-order valence-electron chi connectivity index (χ0n) is 27.6. The number of hydrogen-bond donors (Lipinski definition) is 5. The van der Waals surface area contributed by atoms with Crippen LogP contribution in [0.15, 0.2) is 35.9 Å². The lowest BCUT2D eigenvalue weighted by molar-refractivity contribution is -0.301. The van der Waals surface area contributed by atoms with E-state index in [4.69, 9.17) is 9.47 Å². The van der Waals surface area contributed by atoms with Crippen molar-refractivity contribution in [2.75, 3.05) is 27.2 Å². The molecule has 1 aromatic rings. The van der Waals surface area contributed by atoms with Gasteiger partial charge in [0.25, 0.3) is 5.91 Å². The number of nitrogens with one attached hydrogen (secondary N) is 1. The van der Waals surface area contributed by atoms with Crippen molar-refractivity contribution < 1.29 is 34.7 Å². The van der Waals surface area contributed by atoms with Gasteiger partial charge < -0.3 is 40.1 Å². The predicted octanol–water partition coefficient (Wildman–Crippen LogP) is 3.35. The summed E-state index contributed by atoms with van der Waals surface area (Å²) in [6.07, 6.45) is 3.93. The van der Waals surface area contributed by atoms with Crippen LogP contribution in [0.5, 0.6) is 0 Å². The highest BCUT2D eigenvalue weighted by Crippen LogP contribution is 2.70. The van der Waals surface area contributed by atoms with Crippen LogP contribution in [0, 0.1) is 22.7 Å². The van der Waals surface area contributed by atoms with E-state index in [1.54, 1.807) is 6.92 Å². The van der Waals surface area contributed by atoms with Crippen molar-refractivity contribution in [1.29, 1.82) is 0 Å². The third-order valence-corrected chi connectivity index (χ3v) is 12.8. The molecule has 9 nitrogen and oxygen atoms in total. The van der Waals surface area contributed by atoms with Gasteiger partial charge in [0, 0.05) is 24.1 Å². The van der Waals surface area contributed by atoms with Crippen LogP contribution in [0.4, 0.5) is 0 Å². The molecule has 5 aliphatic rings. The van der Waals surface area contributed by atoms with Crippen LogP contribution in [0.1, 0.15) is 94.0 Å². The lowest BCUT2D eigenvalue weighted by atomic mass is 9.45. The summed E-state index contributed by atoms with van der Waals surface area (Å²) in [4.78, 5) is 14.7. The Morgan fingerprint density at radius 1 is 0.978 bits per heavy atom. The summed E-state index contributed by atoms with van der Waals surface area (Å²) in [6, 6.07) is 8.08. The second kappa shape index (κ2) is 12.3. The molecule has 4 aliphatic carbocycles. The summed E-state index contributed by atoms with van der Waals surface area (Å²) in [6.45, 7) is 7.76. The number of carbonyl (C=O) groups is 1. The quantitative estimate of drug-likeness (QED) is 0.291. The summed E-state index contributed by atoms with van der Waals surface area (Å²) in [7, 11) is 3.98. The molecule has 1 amide bonds. The fraction of sp³-hybridized carbons (Fsp3) is 0.750. The minimum Gasteiger partial charge on any atom is -0.389 e. The molecule has 0 radical (unpaired) electrons. The van der Waals surface area contributed by atoms with E-state index in [-0.39, 0.29) is 34.7 Å². The van der Waals surface area contributed by atoms with E-state index in [1.165, 1.54) is 11.1 Å². The summed E-state index contributed by atoms with van der Waals surface area (Å²) in [5.41, 5.74) is 2.28. The van der Waals surface area contributed by atoms with Crippen LogP contribution in [0.3, 0.4) is 0 Å². The topological polar surface area (TPSA) is 132 Å². The Morgan fingerprint density at radius 2 is 1.71 bits per heavy atom. The van der Waals surface area contributed by atoms with Gasteiger partial charge >= 0.3 is 0 Å². The minimum absolute atomic E-state index is 0.0193. The molecular weight excluding hydrogens is 572 g/mol. The van der Waals surface area contributed by atoms with Crippen LogP contribution in [0.25, 0.3) is 0 Å². The molecule has 45 heavy (non-hydrogen) atoms. The smallest absolute Gasteiger partial charge is 0.251 e. The molecule has 0 bridgehead atoms. The van der Waals surface area contributed by atoms with Gasteiger partial charge in [-0.1, -0.05) is 37.6 Å².